The van der Waals surface area contributed by atoms with Crippen molar-refractivity contribution in [3.63, 3.8) is 0 Å². The Morgan fingerprint density at radius 2 is 2.06 bits per heavy atom. The molecule has 1 nitrogen and oxygen atoms in total. The molecule has 88 valence electrons. The van der Waals surface area contributed by atoms with Crippen molar-refractivity contribution in [1.29, 1.82) is 0 Å². The monoisotopic (exact) mass is 242 g/mol. The van der Waals surface area contributed by atoms with Gasteiger partial charge in [-0.3, -0.25) is 0 Å². The Kier molecular flexibility index (Phi) is 3.82. The van der Waals surface area contributed by atoms with Gasteiger partial charge in [0.25, 0.3) is 0 Å². The van der Waals surface area contributed by atoms with E-state index in [-0.39, 0.29) is 10.8 Å². The zero-order chi connectivity index (χ0) is 11.5. The first-order chi connectivity index (χ1) is 7.68. The third-order valence-corrected chi connectivity index (χ3v) is 3.70. The quantitative estimate of drug-likeness (QED) is 0.859. The molecular weight excluding hydrogens is 227 g/mol. The molecule has 0 bridgehead atoms. The van der Waals surface area contributed by atoms with Crippen molar-refractivity contribution in [3.8, 4) is 0 Å². The Hall–Kier alpha value is -0.600. The normalized spacial score (nSPS) is 18.9. The third kappa shape index (κ3) is 2.55. The SMILES string of the molecule is OC(Cc1cccc(Cl)c1F)C1CCCC1. The summed E-state index contributed by atoms with van der Waals surface area (Å²) in [5.41, 5.74) is 0.520. The molecule has 1 N–H and O–H groups in total. The molecule has 0 heterocycles. The molecular formula is C13H16ClFO. The topological polar surface area (TPSA) is 20.2 Å². The Balaban J connectivity index is 2.05. The maximum absolute atomic E-state index is 13.6. The summed E-state index contributed by atoms with van der Waals surface area (Å²) in [4.78, 5) is 0. The first kappa shape index (κ1) is 11.9. The molecule has 0 aliphatic heterocycles. The van der Waals surface area contributed by atoms with Crippen LogP contribution in [0, 0.1) is 11.7 Å². The molecule has 3 heteroatoms. The highest BCUT2D eigenvalue weighted by molar-refractivity contribution is 6.30. The van der Waals surface area contributed by atoms with E-state index in [2.05, 4.69) is 0 Å². The summed E-state index contributed by atoms with van der Waals surface area (Å²) in [7, 11) is 0. The molecule has 1 aromatic rings. The van der Waals surface area contributed by atoms with Gasteiger partial charge >= 0.3 is 0 Å². The Bertz CT molecular complexity index is 361. The van der Waals surface area contributed by atoms with Gasteiger partial charge in [0.2, 0.25) is 0 Å². The van der Waals surface area contributed by atoms with Gasteiger partial charge in [-0.25, -0.2) is 4.39 Å². The lowest BCUT2D eigenvalue weighted by Crippen LogP contribution is -2.20. The van der Waals surface area contributed by atoms with Gasteiger partial charge in [0.15, 0.2) is 0 Å². The van der Waals surface area contributed by atoms with Crippen molar-refractivity contribution in [2.45, 2.75) is 38.2 Å². The minimum Gasteiger partial charge on any atom is -0.392 e. The van der Waals surface area contributed by atoms with Crippen molar-refractivity contribution < 1.29 is 9.50 Å². The molecule has 1 fully saturated rings. The number of aliphatic hydroxyl groups is 1. The highest BCUT2D eigenvalue weighted by Crippen LogP contribution is 2.30. The minimum absolute atomic E-state index is 0.135. The number of halogens is 2. The fourth-order valence-electron chi connectivity index (χ4n) is 2.44. The first-order valence-electron chi connectivity index (χ1n) is 5.79. The Morgan fingerprint density at radius 1 is 1.38 bits per heavy atom. The fourth-order valence-corrected chi connectivity index (χ4v) is 2.63. The highest BCUT2D eigenvalue weighted by Gasteiger charge is 2.24. The van der Waals surface area contributed by atoms with Crippen LogP contribution in [0.2, 0.25) is 5.02 Å². The predicted octanol–water partition coefficient (Wildman–Crippen LogP) is 3.57. The van der Waals surface area contributed by atoms with Crippen LogP contribution in [-0.2, 0) is 6.42 Å². The van der Waals surface area contributed by atoms with Gasteiger partial charge in [0, 0.05) is 6.42 Å². The summed E-state index contributed by atoms with van der Waals surface area (Å²) in [6.45, 7) is 0. The largest absolute Gasteiger partial charge is 0.392 e. The van der Waals surface area contributed by atoms with E-state index in [9.17, 15) is 9.50 Å². The minimum atomic E-state index is -0.435. The number of rotatable bonds is 3. The molecule has 0 amide bonds. The van der Waals surface area contributed by atoms with E-state index in [1.807, 2.05) is 0 Å². The summed E-state index contributed by atoms with van der Waals surface area (Å²) in [6, 6.07) is 4.95. The predicted molar refractivity (Wildman–Crippen MR) is 63.1 cm³/mol. The average molecular weight is 243 g/mol. The Morgan fingerprint density at radius 3 is 2.75 bits per heavy atom. The molecule has 1 aliphatic carbocycles. The van der Waals surface area contributed by atoms with Crippen LogP contribution in [0.15, 0.2) is 18.2 Å². The van der Waals surface area contributed by atoms with Gasteiger partial charge < -0.3 is 5.11 Å². The zero-order valence-electron chi connectivity index (χ0n) is 9.13. The van der Waals surface area contributed by atoms with Crippen LogP contribution in [0.1, 0.15) is 31.2 Å². The zero-order valence-corrected chi connectivity index (χ0v) is 9.88. The number of benzene rings is 1. The molecule has 1 unspecified atom stereocenters. The van der Waals surface area contributed by atoms with E-state index >= 15 is 0 Å². The molecule has 0 saturated heterocycles. The highest BCUT2D eigenvalue weighted by atomic mass is 35.5. The first-order valence-corrected chi connectivity index (χ1v) is 6.17. The van der Waals surface area contributed by atoms with E-state index in [4.69, 9.17) is 11.6 Å². The molecule has 0 aromatic heterocycles. The van der Waals surface area contributed by atoms with E-state index in [0.717, 1.165) is 12.8 Å². The maximum atomic E-state index is 13.6. The second-order valence-electron chi connectivity index (χ2n) is 4.53. The smallest absolute Gasteiger partial charge is 0.145 e. The lowest BCUT2D eigenvalue weighted by atomic mass is 9.95. The summed E-state index contributed by atoms with van der Waals surface area (Å²) >= 11 is 5.70. The second-order valence-corrected chi connectivity index (χ2v) is 4.94. The van der Waals surface area contributed by atoms with E-state index < -0.39 is 6.10 Å². The van der Waals surface area contributed by atoms with Gasteiger partial charge in [-0.1, -0.05) is 36.6 Å². The number of hydrogen-bond donors (Lipinski definition) is 1. The van der Waals surface area contributed by atoms with Crippen LogP contribution in [0.25, 0.3) is 0 Å². The van der Waals surface area contributed by atoms with Crippen LogP contribution < -0.4 is 0 Å². The lowest BCUT2D eigenvalue weighted by molar-refractivity contribution is 0.110. The summed E-state index contributed by atoms with van der Waals surface area (Å²) in [5, 5.41) is 10.1. The summed E-state index contributed by atoms with van der Waals surface area (Å²) < 4.78 is 13.6. The lowest BCUT2D eigenvalue weighted by Gasteiger charge is -2.18. The molecule has 1 aliphatic rings. The van der Waals surface area contributed by atoms with E-state index in [0.29, 0.717) is 17.9 Å². The molecule has 0 radical (unpaired) electrons. The summed E-state index contributed by atoms with van der Waals surface area (Å²) in [6.07, 6.45) is 4.42. The molecule has 1 saturated carbocycles. The van der Waals surface area contributed by atoms with Crippen LogP contribution >= 0.6 is 11.6 Å². The van der Waals surface area contributed by atoms with Crippen LogP contribution in [0.4, 0.5) is 4.39 Å². The third-order valence-electron chi connectivity index (χ3n) is 3.40. The average Bonchev–Trinajstić information content (AvgIpc) is 2.78. The fraction of sp³-hybridized carbons (Fsp3) is 0.538. The number of aliphatic hydroxyl groups excluding tert-OH is 1. The van der Waals surface area contributed by atoms with Gasteiger partial charge in [-0.15, -0.1) is 0 Å². The van der Waals surface area contributed by atoms with Crippen molar-refractivity contribution >= 4 is 11.6 Å². The van der Waals surface area contributed by atoms with Gasteiger partial charge in [0.1, 0.15) is 5.82 Å². The molecule has 1 aromatic carbocycles. The van der Waals surface area contributed by atoms with Gasteiger partial charge in [-0.05, 0) is 30.4 Å². The van der Waals surface area contributed by atoms with E-state index in [1.165, 1.54) is 18.9 Å². The molecule has 0 spiro atoms. The Labute approximate surface area is 100 Å². The van der Waals surface area contributed by atoms with Crippen molar-refractivity contribution in [2.24, 2.45) is 5.92 Å². The van der Waals surface area contributed by atoms with Crippen molar-refractivity contribution in [1.82, 2.24) is 0 Å². The summed E-state index contributed by atoms with van der Waals surface area (Å²) in [5.74, 6) is -0.0559. The maximum Gasteiger partial charge on any atom is 0.145 e. The van der Waals surface area contributed by atoms with Crippen LogP contribution in [-0.4, -0.2) is 11.2 Å². The van der Waals surface area contributed by atoms with Gasteiger partial charge in [-0.2, -0.15) is 0 Å². The van der Waals surface area contributed by atoms with Crippen molar-refractivity contribution in [2.75, 3.05) is 0 Å². The van der Waals surface area contributed by atoms with Crippen molar-refractivity contribution in [3.05, 3.63) is 34.6 Å². The standard InChI is InChI=1S/C13H16ClFO/c14-11-7-3-6-10(13(11)15)8-12(16)9-4-1-2-5-9/h3,6-7,9,12,16H,1-2,4-5,8H2. The molecule has 2 rings (SSSR count). The van der Waals surface area contributed by atoms with Gasteiger partial charge in [0.05, 0.1) is 11.1 Å². The van der Waals surface area contributed by atoms with E-state index in [1.54, 1.807) is 12.1 Å². The second kappa shape index (κ2) is 5.15. The number of hydrogen-bond acceptors (Lipinski definition) is 1. The molecule has 16 heavy (non-hydrogen) atoms. The van der Waals surface area contributed by atoms with Crippen LogP contribution in [0.3, 0.4) is 0 Å². The van der Waals surface area contributed by atoms with Crippen LogP contribution in [0.5, 0.6) is 0 Å². The molecule has 1 atom stereocenters.